The zero-order chi connectivity index (χ0) is 19.0. The normalized spacial score (nSPS) is 10.3. The fourth-order valence-corrected chi connectivity index (χ4v) is 1.48. The molecule has 10 heteroatoms. The highest BCUT2D eigenvalue weighted by molar-refractivity contribution is 5.99. The van der Waals surface area contributed by atoms with E-state index < -0.39 is 24.0 Å². The van der Waals surface area contributed by atoms with Crippen LogP contribution in [0.25, 0.3) is 0 Å². The summed E-state index contributed by atoms with van der Waals surface area (Å²) in [4.78, 5) is 24.5. The van der Waals surface area contributed by atoms with Crippen LogP contribution in [0.4, 0.5) is 33.7 Å². The molecule has 134 valence electrons. The van der Waals surface area contributed by atoms with Crippen LogP contribution < -0.4 is 10.6 Å². The number of pyridine rings is 1. The summed E-state index contributed by atoms with van der Waals surface area (Å²) in [5.41, 5.74) is 1.93. The fraction of sp³-hybridized carbons (Fsp3) is 0.133. The van der Waals surface area contributed by atoms with Crippen molar-refractivity contribution >= 4 is 23.4 Å². The van der Waals surface area contributed by atoms with Crippen LogP contribution in [0.3, 0.4) is 0 Å². The van der Waals surface area contributed by atoms with Crippen molar-refractivity contribution in [3.8, 4) is 0 Å². The average molecular weight is 359 g/mol. The van der Waals surface area contributed by atoms with Crippen LogP contribution >= 0.6 is 0 Å². The Morgan fingerprint density at radius 3 is 2.20 bits per heavy atom. The number of hydrogen-bond acceptors (Lipinski definition) is 3. The van der Waals surface area contributed by atoms with E-state index in [1.165, 1.54) is 24.4 Å². The third-order valence-corrected chi connectivity index (χ3v) is 2.46. The van der Waals surface area contributed by atoms with Gasteiger partial charge in [-0.05, 0) is 36.8 Å². The first kappa shape index (κ1) is 19.9. The number of aryl methyl sites for hydroxylation is 1. The molecule has 0 aliphatic rings. The summed E-state index contributed by atoms with van der Waals surface area (Å²) in [6.07, 6.45) is -1.85. The van der Waals surface area contributed by atoms with Crippen LogP contribution in [-0.4, -0.2) is 28.3 Å². The van der Waals surface area contributed by atoms with Crippen molar-refractivity contribution in [2.45, 2.75) is 13.1 Å². The van der Waals surface area contributed by atoms with Crippen LogP contribution in [-0.2, 0) is 4.79 Å². The van der Waals surface area contributed by atoms with Crippen LogP contribution in [0, 0.1) is 12.7 Å². The van der Waals surface area contributed by atoms with E-state index in [0.717, 1.165) is 5.56 Å². The number of nitrogens with one attached hydrogen (secondary N) is 2. The molecule has 0 fully saturated rings. The number of alkyl halides is 3. The zero-order valence-electron chi connectivity index (χ0n) is 12.8. The lowest BCUT2D eigenvalue weighted by Crippen LogP contribution is -2.21. The topological polar surface area (TPSA) is 91.3 Å². The smallest absolute Gasteiger partial charge is 0.475 e. The molecule has 0 radical (unpaired) electrons. The number of amides is 2. The largest absolute Gasteiger partial charge is 0.490 e. The molecular formula is C15H13F4N3O3. The molecule has 0 unspecified atom stereocenters. The molecule has 25 heavy (non-hydrogen) atoms. The van der Waals surface area contributed by atoms with Gasteiger partial charge in [0.05, 0.1) is 11.9 Å². The van der Waals surface area contributed by atoms with Gasteiger partial charge in [-0.15, -0.1) is 0 Å². The molecule has 1 aromatic heterocycles. The Labute approximate surface area is 139 Å². The summed E-state index contributed by atoms with van der Waals surface area (Å²) < 4.78 is 44.7. The van der Waals surface area contributed by atoms with Crippen molar-refractivity contribution in [2.75, 3.05) is 10.6 Å². The van der Waals surface area contributed by atoms with Crippen molar-refractivity contribution < 1.29 is 32.3 Å². The van der Waals surface area contributed by atoms with Gasteiger partial charge in [-0.25, -0.2) is 14.0 Å². The Morgan fingerprint density at radius 1 is 1.08 bits per heavy atom. The molecule has 0 aliphatic carbocycles. The molecule has 0 saturated heterocycles. The number of halogens is 4. The predicted octanol–water partition coefficient (Wildman–Crippen LogP) is 3.81. The van der Waals surface area contributed by atoms with Crippen molar-refractivity contribution in [1.29, 1.82) is 0 Å². The van der Waals surface area contributed by atoms with Gasteiger partial charge >= 0.3 is 18.2 Å². The summed E-state index contributed by atoms with van der Waals surface area (Å²) in [5, 5.41) is 12.3. The van der Waals surface area contributed by atoms with E-state index in [1.54, 1.807) is 18.3 Å². The van der Waals surface area contributed by atoms with E-state index in [4.69, 9.17) is 9.90 Å². The maximum Gasteiger partial charge on any atom is 0.490 e. The maximum absolute atomic E-state index is 12.9. The van der Waals surface area contributed by atoms with Crippen LogP contribution in [0.5, 0.6) is 0 Å². The van der Waals surface area contributed by atoms with Gasteiger partial charge in [0, 0.05) is 11.9 Å². The number of urea groups is 1. The highest BCUT2D eigenvalue weighted by Crippen LogP contribution is 2.13. The molecule has 0 aliphatic heterocycles. The summed E-state index contributed by atoms with van der Waals surface area (Å²) >= 11 is 0. The fourth-order valence-electron chi connectivity index (χ4n) is 1.48. The van der Waals surface area contributed by atoms with Crippen LogP contribution in [0.2, 0.25) is 0 Å². The molecular weight excluding hydrogens is 346 g/mol. The number of carbonyl (C=O) groups excluding carboxylic acids is 1. The molecule has 0 spiro atoms. The monoisotopic (exact) mass is 359 g/mol. The highest BCUT2D eigenvalue weighted by Gasteiger charge is 2.38. The molecule has 3 N–H and O–H groups in total. The Hall–Kier alpha value is -3.17. The van der Waals surface area contributed by atoms with Crippen molar-refractivity contribution in [3.05, 3.63) is 54.1 Å². The average Bonchev–Trinajstić information content (AvgIpc) is 2.46. The third kappa shape index (κ3) is 7.77. The Balaban J connectivity index is 0.000000381. The van der Waals surface area contributed by atoms with Crippen molar-refractivity contribution in [3.63, 3.8) is 0 Å². The second-order valence-electron chi connectivity index (χ2n) is 4.64. The van der Waals surface area contributed by atoms with Gasteiger partial charge in [-0.2, -0.15) is 13.2 Å². The minimum Gasteiger partial charge on any atom is -0.475 e. The second kappa shape index (κ2) is 8.62. The molecule has 1 heterocycles. The van der Waals surface area contributed by atoms with E-state index >= 15 is 0 Å². The van der Waals surface area contributed by atoms with Gasteiger partial charge in [-0.1, -0.05) is 6.07 Å². The summed E-state index contributed by atoms with van der Waals surface area (Å²) in [6, 6.07) is 7.05. The van der Waals surface area contributed by atoms with Gasteiger partial charge < -0.3 is 15.7 Å². The Bertz CT molecular complexity index is 701. The van der Waals surface area contributed by atoms with E-state index in [2.05, 4.69) is 15.6 Å². The molecule has 2 aromatic rings. The SMILES string of the molecule is Cc1cncc(NC(=O)Nc2cccc(F)c2)c1.O=C(O)C(F)(F)F. The lowest BCUT2D eigenvalue weighted by atomic mass is 10.3. The van der Waals surface area contributed by atoms with Gasteiger partial charge in [0.2, 0.25) is 0 Å². The molecule has 2 rings (SSSR count). The molecule has 6 nitrogen and oxygen atoms in total. The summed E-state index contributed by atoms with van der Waals surface area (Å²) in [7, 11) is 0. The maximum atomic E-state index is 12.9. The number of carbonyl (C=O) groups is 2. The summed E-state index contributed by atoms with van der Waals surface area (Å²) in [6.45, 7) is 1.88. The molecule has 0 bridgehead atoms. The number of aromatic nitrogens is 1. The first-order valence-corrected chi connectivity index (χ1v) is 6.63. The number of benzene rings is 1. The number of carboxylic acid groups (broad SMARTS) is 1. The highest BCUT2D eigenvalue weighted by atomic mass is 19.4. The van der Waals surface area contributed by atoms with E-state index in [-0.39, 0.29) is 0 Å². The number of nitrogens with zero attached hydrogens (tertiary/aromatic N) is 1. The van der Waals surface area contributed by atoms with Gasteiger partial charge in [0.15, 0.2) is 0 Å². The van der Waals surface area contributed by atoms with E-state index in [0.29, 0.717) is 11.4 Å². The number of aliphatic carboxylic acids is 1. The van der Waals surface area contributed by atoms with Crippen molar-refractivity contribution in [2.24, 2.45) is 0 Å². The van der Waals surface area contributed by atoms with Crippen molar-refractivity contribution in [1.82, 2.24) is 4.98 Å². The minimum atomic E-state index is -5.08. The van der Waals surface area contributed by atoms with Crippen LogP contribution in [0.15, 0.2) is 42.7 Å². The molecule has 0 saturated carbocycles. The Kier molecular flexibility index (Phi) is 6.85. The lowest BCUT2D eigenvalue weighted by Gasteiger charge is -2.07. The van der Waals surface area contributed by atoms with Gasteiger partial charge in [0.1, 0.15) is 5.82 Å². The first-order chi connectivity index (χ1) is 11.6. The molecule has 2 amide bonds. The number of hydrogen-bond donors (Lipinski definition) is 3. The molecule has 1 aromatic carbocycles. The minimum absolute atomic E-state index is 0.396. The first-order valence-electron chi connectivity index (χ1n) is 6.63. The third-order valence-electron chi connectivity index (χ3n) is 2.46. The van der Waals surface area contributed by atoms with Crippen LogP contribution in [0.1, 0.15) is 5.56 Å². The van der Waals surface area contributed by atoms with E-state index in [9.17, 15) is 22.4 Å². The number of anilines is 2. The number of carboxylic acids is 1. The summed E-state index contributed by atoms with van der Waals surface area (Å²) in [5.74, 6) is -3.16. The quantitative estimate of drug-likeness (QED) is 0.711. The van der Waals surface area contributed by atoms with E-state index in [1.807, 2.05) is 6.92 Å². The Morgan fingerprint density at radius 2 is 1.68 bits per heavy atom. The lowest BCUT2D eigenvalue weighted by molar-refractivity contribution is -0.192. The van der Waals surface area contributed by atoms with Gasteiger partial charge in [-0.3, -0.25) is 4.98 Å². The molecule has 0 atom stereocenters. The second-order valence-corrected chi connectivity index (χ2v) is 4.64. The number of rotatable bonds is 2. The predicted molar refractivity (Wildman–Crippen MR) is 81.7 cm³/mol. The standard InChI is InChI=1S/C13H12FN3O.C2HF3O2/c1-9-5-12(8-15-7-9)17-13(18)16-11-4-2-3-10(14)6-11;3-2(4,5)1(6)7/h2-8H,1H3,(H2,16,17,18);(H,6,7). The zero-order valence-corrected chi connectivity index (χ0v) is 12.8. The van der Waals surface area contributed by atoms with Gasteiger partial charge in [0.25, 0.3) is 0 Å².